The Bertz CT molecular complexity index is 648. The number of carbonyl (C=O) groups is 1. The van der Waals surface area contributed by atoms with Gasteiger partial charge in [-0.1, -0.05) is 30.3 Å². The quantitative estimate of drug-likeness (QED) is 0.892. The van der Waals surface area contributed by atoms with Crippen LogP contribution in [0.4, 0.5) is 0 Å². The Hall–Kier alpha value is -2.33. The van der Waals surface area contributed by atoms with E-state index in [-0.39, 0.29) is 5.91 Å². The summed E-state index contributed by atoms with van der Waals surface area (Å²) in [4.78, 5) is 12.5. The molecule has 0 atom stereocenters. The number of amides is 1. The first-order valence-electron chi connectivity index (χ1n) is 7.23. The molecule has 116 valence electrons. The standard InChI is InChI=1S/C18H22N2O2/c1-18(2,14-8-10-15(22-3)11-9-14)20-17(21)16-7-5-4-6-13(16)12-19/h4-11H,12,19H2,1-3H3,(H,20,21). The predicted octanol–water partition coefficient (Wildman–Crippen LogP) is 2.82. The van der Waals surface area contributed by atoms with Crippen LogP contribution in [0.3, 0.4) is 0 Å². The minimum atomic E-state index is -0.495. The van der Waals surface area contributed by atoms with Crippen LogP contribution in [0.25, 0.3) is 0 Å². The summed E-state index contributed by atoms with van der Waals surface area (Å²) in [6.45, 7) is 4.28. The lowest BCUT2D eigenvalue weighted by Gasteiger charge is -2.27. The third-order valence-electron chi connectivity index (χ3n) is 3.72. The van der Waals surface area contributed by atoms with Crippen LogP contribution in [-0.4, -0.2) is 13.0 Å². The van der Waals surface area contributed by atoms with Crippen LogP contribution in [0.1, 0.15) is 35.3 Å². The number of carbonyl (C=O) groups excluding carboxylic acids is 1. The number of ether oxygens (including phenoxy) is 1. The lowest BCUT2D eigenvalue weighted by molar-refractivity contribution is 0.0911. The highest BCUT2D eigenvalue weighted by molar-refractivity contribution is 5.96. The maximum absolute atomic E-state index is 12.5. The van der Waals surface area contributed by atoms with Crippen LogP contribution in [0.15, 0.2) is 48.5 Å². The van der Waals surface area contributed by atoms with Gasteiger partial charge in [-0.05, 0) is 43.2 Å². The lowest BCUT2D eigenvalue weighted by Crippen LogP contribution is -2.41. The van der Waals surface area contributed by atoms with Crippen molar-refractivity contribution in [1.29, 1.82) is 0 Å². The van der Waals surface area contributed by atoms with Gasteiger partial charge >= 0.3 is 0 Å². The second-order valence-electron chi connectivity index (χ2n) is 5.67. The van der Waals surface area contributed by atoms with Crippen molar-refractivity contribution in [2.75, 3.05) is 7.11 Å². The molecule has 4 heteroatoms. The summed E-state index contributed by atoms with van der Waals surface area (Å²) in [7, 11) is 1.63. The first kappa shape index (κ1) is 16.0. The van der Waals surface area contributed by atoms with Gasteiger partial charge in [-0.3, -0.25) is 4.79 Å². The topological polar surface area (TPSA) is 64.3 Å². The highest BCUT2D eigenvalue weighted by Gasteiger charge is 2.24. The summed E-state index contributed by atoms with van der Waals surface area (Å²) >= 11 is 0. The van der Waals surface area contributed by atoms with E-state index >= 15 is 0 Å². The van der Waals surface area contributed by atoms with Crippen LogP contribution >= 0.6 is 0 Å². The van der Waals surface area contributed by atoms with Crippen molar-refractivity contribution in [3.63, 3.8) is 0 Å². The number of benzene rings is 2. The van der Waals surface area contributed by atoms with Gasteiger partial charge in [0, 0.05) is 12.1 Å². The number of methoxy groups -OCH3 is 1. The fourth-order valence-corrected chi connectivity index (χ4v) is 2.35. The largest absolute Gasteiger partial charge is 0.497 e. The summed E-state index contributed by atoms with van der Waals surface area (Å²) in [5.41, 5.74) is 7.67. The van der Waals surface area contributed by atoms with E-state index in [1.54, 1.807) is 13.2 Å². The van der Waals surface area contributed by atoms with Crippen LogP contribution < -0.4 is 15.8 Å². The van der Waals surface area contributed by atoms with E-state index in [4.69, 9.17) is 10.5 Å². The zero-order valence-corrected chi connectivity index (χ0v) is 13.2. The number of hydrogen-bond donors (Lipinski definition) is 2. The summed E-state index contributed by atoms with van der Waals surface area (Å²) < 4.78 is 5.16. The van der Waals surface area contributed by atoms with Crippen molar-refractivity contribution in [2.24, 2.45) is 5.73 Å². The Morgan fingerprint density at radius 1 is 1.14 bits per heavy atom. The number of rotatable bonds is 5. The molecule has 3 N–H and O–H groups in total. The fraction of sp³-hybridized carbons (Fsp3) is 0.278. The van der Waals surface area contributed by atoms with Gasteiger partial charge in [0.15, 0.2) is 0 Å². The van der Waals surface area contributed by atoms with Crippen molar-refractivity contribution >= 4 is 5.91 Å². The Kier molecular flexibility index (Phi) is 4.83. The normalized spacial score (nSPS) is 11.1. The average molecular weight is 298 g/mol. The maximum Gasteiger partial charge on any atom is 0.252 e. The van der Waals surface area contributed by atoms with E-state index in [9.17, 15) is 4.79 Å². The molecule has 0 aliphatic rings. The number of nitrogens with two attached hydrogens (primary N) is 1. The van der Waals surface area contributed by atoms with Gasteiger partial charge in [-0.2, -0.15) is 0 Å². The molecule has 0 aliphatic carbocycles. The first-order chi connectivity index (χ1) is 10.5. The second-order valence-corrected chi connectivity index (χ2v) is 5.67. The van der Waals surface area contributed by atoms with Gasteiger partial charge in [0.05, 0.1) is 12.6 Å². The van der Waals surface area contributed by atoms with E-state index < -0.39 is 5.54 Å². The molecule has 1 amide bonds. The van der Waals surface area contributed by atoms with Gasteiger partial charge in [0.1, 0.15) is 5.75 Å². The van der Waals surface area contributed by atoms with E-state index in [2.05, 4.69) is 5.32 Å². The molecule has 0 saturated carbocycles. The molecule has 0 aliphatic heterocycles. The highest BCUT2D eigenvalue weighted by atomic mass is 16.5. The summed E-state index contributed by atoms with van der Waals surface area (Å²) in [6, 6.07) is 15.1. The zero-order valence-electron chi connectivity index (χ0n) is 13.2. The maximum atomic E-state index is 12.5. The molecule has 0 aromatic heterocycles. The number of hydrogen-bond acceptors (Lipinski definition) is 3. The number of nitrogens with one attached hydrogen (secondary N) is 1. The van der Waals surface area contributed by atoms with Gasteiger partial charge in [-0.15, -0.1) is 0 Å². The van der Waals surface area contributed by atoms with Crippen molar-refractivity contribution in [3.8, 4) is 5.75 Å². The molecular weight excluding hydrogens is 276 g/mol. The second kappa shape index (κ2) is 6.62. The van der Waals surface area contributed by atoms with Crippen LogP contribution in [-0.2, 0) is 12.1 Å². The van der Waals surface area contributed by atoms with Crippen LogP contribution in [0.5, 0.6) is 5.75 Å². The summed E-state index contributed by atoms with van der Waals surface area (Å²) in [6.07, 6.45) is 0. The monoisotopic (exact) mass is 298 g/mol. The highest BCUT2D eigenvalue weighted by Crippen LogP contribution is 2.23. The molecule has 0 saturated heterocycles. The van der Waals surface area contributed by atoms with E-state index in [1.165, 1.54) is 0 Å². The van der Waals surface area contributed by atoms with Crippen molar-refractivity contribution < 1.29 is 9.53 Å². The third-order valence-corrected chi connectivity index (χ3v) is 3.72. The van der Waals surface area contributed by atoms with Crippen molar-refractivity contribution in [1.82, 2.24) is 5.32 Å². The molecule has 0 heterocycles. The Morgan fingerprint density at radius 2 is 1.77 bits per heavy atom. The Balaban J connectivity index is 2.21. The molecule has 22 heavy (non-hydrogen) atoms. The van der Waals surface area contributed by atoms with Crippen molar-refractivity contribution in [2.45, 2.75) is 25.9 Å². The van der Waals surface area contributed by atoms with Crippen LogP contribution in [0.2, 0.25) is 0 Å². The molecule has 2 rings (SSSR count). The molecule has 0 fully saturated rings. The Morgan fingerprint density at radius 3 is 2.36 bits per heavy atom. The lowest BCUT2D eigenvalue weighted by atomic mass is 9.93. The zero-order chi connectivity index (χ0) is 16.2. The third kappa shape index (κ3) is 3.46. The van der Waals surface area contributed by atoms with Gasteiger partial charge in [-0.25, -0.2) is 0 Å². The van der Waals surface area contributed by atoms with Crippen LogP contribution in [0, 0.1) is 0 Å². The molecule has 0 unspecified atom stereocenters. The van der Waals surface area contributed by atoms with E-state index in [0.717, 1.165) is 16.9 Å². The SMILES string of the molecule is COc1ccc(C(C)(C)NC(=O)c2ccccc2CN)cc1. The smallest absolute Gasteiger partial charge is 0.252 e. The Labute approximate surface area is 131 Å². The van der Waals surface area contributed by atoms with Gasteiger partial charge in [0.2, 0.25) is 0 Å². The summed E-state index contributed by atoms with van der Waals surface area (Å²) in [5.74, 6) is 0.668. The van der Waals surface area contributed by atoms with E-state index in [0.29, 0.717) is 12.1 Å². The molecule has 0 spiro atoms. The molecule has 0 radical (unpaired) electrons. The molecule has 2 aromatic rings. The minimum Gasteiger partial charge on any atom is -0.497 e. The van der Waals surface area contributed by atoms with Gasteiger partial charge in [0.25, 0.3) is 5.91 Å². The first-order valence-corrected chi connectivity index (χ1v) is 7.23. The molecule has 2 aromatic carbocycles. The average Bonchev–Trinajstić information content (AvgIpc) is 2.54. The predicted molar refractivity (Wildman–Crippen MR) is 87.8 cm³/mol. The molecule has 0 bridgehead atoms. The minimum absolute atomic E-state index is 0.123. The molecule has 4 nitrogen and oxygen atoms in total. The van der Waals surface area contributed by atoms with Gasteiger partial charge < -0.3 is 15.8 Å². The molecular formula is C18H22N2O2. The van der Waals surface area contributed by atoms with E-state index in [1.807, 2.05) is 56.3 Å². The van der Waals surface area contributed by atoms with Crippen molar-refractivity contribution in [3.05, 3.63) is 65.2 Å². The summed E-state index contributed by atoms with van der Waals surface area (Å²) in [5, 5.41) is 3.07. The fourth-order valence-electron chi connectivity index (χ4n) is 2.35.